The van der Waals surface area contributed by atoms with Crippen LogP contribution < -0.4 is 0 Å². The first-order valence-electron chi connectivity index (χ1n) is 2.62. The molecule has 0 rings (SSSR count). The summed E-state index contributed by atoms with van der Waals surface area (Å²) in [6.45, 7) is 0. The Bertz CT molecular complexity index is 80.0. The Kier molecular flexibility index (Phi) is 5.67. The molecule has 0 N–H and O–H groups in total. The quantitative estimate of drug-likeness (QED) is 0.523. The Hall–Kier alpha value is 1.28. The molecule has 0 aromatic rings. The first-order chi connectivity index (χ1) is 4.46. The first-order valence-corrected chi connectivity index (χ1v) is 5.19. The molecule has 0 unspecified atom stereocenters. The van der Waals surface area contributed by atoms with E-state index < -0.39 is 14.8 Å². The van der Waals surface area contributed by atoms with E-state index in [4.69, 9.17) is 35.3 Å². The van der Waals surface area contributed by atoms with Crippen molar-refractivity contribution in [2.24, 2.45) is 0 Å². The van der Waals surface area contributed by atoms with Gasteiger partial charge in [0.1, 0.15) is 0 Å². The molecule has 60 valence electrons. The number of rotatable bonds is 3. The van der Waals surface area contributed by atoms with E-state index in [0.717, 1.165) is 0 Å². The summed E-state index contributed by atoms with van der Waals surface area (Å²) in [5.74, 6) is 0. The third kappa shape index (κ3) is 3.61. The summed E-state index contributed by atoms with van der Waals surface area (Å²) < 4.78 is 4.54. The number of nitrogens with zero attached hydrogens (tertiary/aromatic N) is 3. The molecule has 0 bridgehead atoms. The highest BCUT2D eigenvalue weighted by atomic mass is 35.5. The fraction of sp³-hybridized carbons (Fsp3) is 1.00. The Morgan fingerprint density at radius 3 is 1.00 bits per heavy atom. The van der Waals surface area contributed by atoms with Gasteiger partial charge >= 0.3 is 14.8 Å². The van der Waals surface area contributed by atoms with Crippen molar-refractivity contribution in [1.29, 1.82) is 0 Å². The lowest BCUT2D eigenvalue weighted by molar-refractivity contribution is 0.602. The maximum atomic E-state index is 5.68. The van der Waals surface area contributed by atoms with Crippen LogP contribution in [0.4, 0.5) is 0 Å². The molecule has 0 radical (unpaired) electrons. The van der Waals surface area contributed by atoms with Gasteiger partial charge in [0, 0.05) is 0 Å². The van der Waals surface area contributed by atoms with Crippen molar-refractivity contribution < 1.29 is 0 Å². The van der Waals surface area contributed by atoms with Crippen molar-refractivity contribution in [3.63, 3.8) is 0 Å². The third-order valence-electron chi connectivity index (χ3n) is 0.955. The molecule has 0 atom stereocenters. The molecule has 0 spiro atoms. The minimum atomic E-state index is -1.66. The summed E-state index contributed by atoms with van der Waals surface area (Å²) >= 11 is 15.4. The van der Waals surface area contributed by atoms with Gasteiger partial charge in [0.25, 0.3) is 0 Å². The van der Waals surface area contributed by atoms with Crippen LogP contribution in [0.25, 0.3) is 0 Å². The van der Waals surface area contributed by atoms with Crippen LogP contribution in [0.1, 0.15) is 0 Å². The molecule has 0 aliphatic carbocycles. The van der Waals surface area contributed by atoms with Crippen molar-refractivity contribution in [2.45, 2.75) is 0 Å². The summed E-state index contributed by atoms with van der Waals surface area (Å²) in [7, 11) is 5.20. The second-order valence-electron chi connectivity index (χ2n) is 1.92. The molecule has 0 aromatic heterocycles. The van der Waals surface area contributed by atoms with E-state index in [1.54, 1.807) is 21.1 Å². The van der Waals surface area contributed by atoms with Crippen LogP contribution in [0.5, 0.6) is 0 Å². The molecular formula is C3H9AlCl3N3. The summed E-state index contributed by atoms with van der Waals surface area (Å²) in [5, 5.41) is 0. The fourth-order valence-electron chi connectivity index (χ4n) is 0.658. The van der Waals surface area contributed by atoms with Crippen LogP contribution >= 0.6 is 35.3 Å². The smallest absolute Gasteiger partial charge is 0.271 e. The lowest BCUT2D eigenvalue weighted by atomic mass is 11.6. The molecule has 0 aliphatic rings. The van der Waals surface area contributed by atoms with Crippen LogP contribution in [-0.4, -0.2) is 46.2 Å². The van der Waals surface area contributed by atoms with Gasteiger partial charge in [-0.05, 0) is 56.5 Å². The van der Waals surface area contributed by atoms with E-state index in [9.17, 15) is 0 Å². The first kappa shape index (κ1) is 11.3. The Labute approximate surface area is 81.4 Å². The van der Waals surface area contributed by atoms with Crippen LogP contribution in [0, 0.1) is 0 Å². The molecule has 0 amide bonds. The van der Waals surface area contributed by atoms with Gasteiger partial charge in [-0.2, -0.15) is 0 Å². The summed E-state index contributed by atoms with van der Waals surface area (Å²) in [6.07, 6.45) is 0. The Balaban J connectivity index is 3.98. The van der Waals surface area contributed by atoms with Crippen LogP contribution in [0.15, 0.2) is 0 Å². The van der Waals surface area contributed by atoms with E-state index in [2.05, 4.69) is 0 Å². The zero-order valence-electron chi connectivity index (χ0n) is 6.05. The molecule has 0 aromatic carbocycles. The minimum Gasteiger partial charge on any atom is -0.271 e. The largest absolute Gasteiger partial charge is 0.654 e. The summed E-state index contributed by atoms with van der Waals surface area (Å²) in [6, 6.07) is 0. The molecule has 0 saturated heterocycles. The minimum absolute atomic E-state index is 1.51. The molecule has 7 heteroatoms. The zero-order chi connectivity index (χ0) is 8.31. The van der Waals surface area contributed by atoms with Gasteiger partial charge in [-0.1, -0.05) is 0 Å². The van der Waals surface area contributed by atoms with E-state index in [-0.39, 0.29) is 0 Å². The lowest BCUT2D eigenvalue weighted by Gasteiger charge is -2.22. The summed E-state index contributed by atoms with van der Waals surface area (Å²) in [5.41, 5.74) is 0. The lowest BCUT2D eigenvalue weighted by Crippen LogP contribution is -2.49. The zero-order valence-corrected chi connectivity index (χ0v) is 9.48. The maximum absolute atomic E-state index is 5.68. The van der Waals surface area contributed by atoms with Gasteiger partial charge in [0.15, 0.2) is 0 Å². The predicted molar refractivity (Wildman–Crippen MR) is 46.6 cm³/mol. The number of halogens is 3. The number of hydrogen-bond acceptors (Lipinski definition) is 3. The van der Waals surface area contributed by atoms with Crippen molar-refractivity contribution in [1.82, 2.24) is 10.2 Å². The average molecular weight is 220 g/mol. The predicted octanol–water partition coefficient (Wildman–Crippen LogP) is 1.23. The standard InChI is InChI=1S/3CH3ClN.Al/c3*1-3-2;/h3*1H3;/q3*-1;+3. The maximum Gasteiger partial charge on any atom is 0.654 e. The van der Waals surface area contributed by atoms with Gasteiger partial charge in [-0.15, -0.1) is 0 Å². The van der Waals surface area contributed by atoms with Crippen molar-refractivity contribution >= 4 is 50.1 Å². The van der Waals surface area contributed by atoms with Crippen molar-refractivity contribution in [3.8, 4) is 0 Å². The second-order valence-corrected chi connectivity index (χ2v) is 7.52. The molecule has 10 heavy (non-hydrogen) atoms. The SMILES string of the molecule is C[N](Cl)[Al]([N](C)Cl)[N](C)Cl. The van der Waals surface area contributed by atoms with E-state index in [1.807, 2.05) is 0 Å². The van der Waals surface area contributed by atoms with E-state index in [1.165, 1.54) is 10.2 Å². The Morgan fingerprint density at radius 2 is 1.00 bits per heavy atom. The topological polar surface area (TPSA) is 9.72 Å². The van der Waals surface area contributed by atoms with Crippen molar-refractivity contribution in [3.05, 3.63) is 0 Å². The highest BCUT2D eigenvalue weighted by Gasteiger charge is 2.35. The van der Waals surface area contributed by atoms with E-state index in [0.29, 0.717) is 0 Å². The highest BCUT2D eigenvalue weighted by Crippen LogP contribution is 2.08. The van der Waals surface area contributed by atoms with Gasteiger partial charge in [0.05, 0.1) is 0 Å². The normalized spacial score (nSPS) is 11.7. The van der Waals surface area contributed by atoms with Crippen LogP contribution in [-0.2, 0) is 0 Å². The van der Waals surface area contributed by atoms with Crippen LogP contribution in [0.3, 0.4) is 0 Å². The van der Waals surface area contributed by atoms with Gasteiger partial charge in [-0.3, -0.25) is 10.2 Å². The average Bonchev–Trinajstić information content (AvgIpc) is 1.59. The molecular weight excluding hydrogens is 211 g/mol. The molecule has 0 heterocycles. The van der Waals surface area contributed by atoms with Crippen LogP contribution in [0.2, 0.25) is 0 Å². The molecule has 0 fully saturated rings. The third-order valence-corrected chi connectivity index (χ3v) is 4.44. The van der Waals surface area contributed by atoms with E-state index >= 15 is 0 Å². The summed E-state index contributed by atoms with van der Waals surface area (Å²) in [4.78, 5) is 0. The number of hydrogen-bond donors (Lipinski definition) is 0. The van der Waals surface area contributed by atoms with Crippen molar-refractivity contribution in [2.75, 3.05) is 21.1 Å². The monoisotopic (exact) mass is 219 g/mol. The molecule has 0 aliphatic heterocycles. The Morgan fingerprint density at radius 1 is 0.800 bits per heavy atom. The fourth-order valence-corrected chi connectivity index (χ4v) is 4.73. The second kappa shape index (κ2) is 5.02. The highest BCUT2D eigenvalue weighted by molar-refractivity contribution is 6.66. The van der Waals surface area contributed by atoms with Gasteiger partial charge in [0.2, 0.25) is 0 Å². The van der Waals surface area contributed by atoms with Gasteiger partial charge in [-0.25, -0.2) is 0 Å². The van der Waals surface area contributed by atoms with Gasteiger partial charge < -0.3 is 0 Å². The molecule has 0 saturated carbocycles. The molecule has 3 nitrogen and oxygen atoms in total.